The van der Waals surface area contributed by atoms with Crippen molar-refractivity contribution in [1.82, 2.24) is 14.9 Å². The van der Waals surface area contributed by atoms with Crippen LogP contribution in [0.4, 0.5) is 24.8 Å². The fraction of sp³-hybridized carbons (Fsp3) is 0.353. The largest absolute Gasteiger partial charge is 0.416 e. The molecule has 0 bridgehead atoms. The molecule has 0 radical (unpaired) electrons. The SMILES string of the molecule is CCCCN(C)C(=O)c1ccnc(Nc2ccc(C(F)(F)F)cc2)n1. The Morgan fingerprint density at radius 2 is 1.88 bits per heavy atom. The minimum Gasteiger partial charge on any atom is -0.340 e. The van der Waals surface area contributed by atoms with Crippen LogP contribution >= 0.6 is 0 Å². The first-order chi connectivity index (χ1) is 11.8. The minimum absolute atomic E-state index is 0.148. The lowest BCUT2D eigenvalue weighted by Crippen LogP contribution is -2.28. The number of nitrogens with one attached hydrogen (secondary N) is 1. The van der Waals surface area contributed by atoms with Gasteiger partial charge in [-0.2, -0.15) is 13.2 Å². The van der Waals surface area contributed by atoms with Gasteiger partial charge in [0.15, 0.2) is 0 Å². The number of benzene rings is 1. The van der Waals surface area contributed by atoms with Crippen LogP contribution in [-0.4, -0.2) is 34.4 Å². The Morgan fingerprint density at radius 3 is 2.48 bits per heavy atom. The van der Waals surface area contributed by atoms with E-state index in [1.165, 1.54) is 24.4 Å². The molecule has 0 atom stereocenters. The van der Waals surface area contributed by atoms with Gasteiger partial charge in [-0.15, -0.1) is 0 Å². The first-order valence-electron chi connectivity index (χ1n) is 7.84. The van der Waals surface area contributed by atoms with Crippen molar-refractivity contribution in [2.24, 2.45) is 0 Å². The molecule has 1 N–H and O–H groups in total. The average Bonchev–Trinajstić information content (AvgIpc) is 2.59. The van der Waals surface area contributed by atoms with E-state index >= 15 is 0 Å². The van der Waals surface area contributed by atoms with Crippen molar-refractivity contribution in [3.63, 3.8) is 0 Å². The molecule has 1 aromatic carbocycles. The Kier molecular flexibility index (Phi) is 5.95. The highest BCUT2D eigenvalue weighted by molar-refractivity contribution is 5.92. The lowest BCUT2D eigenvalue weighted by Gasteiger charge is -2.16. The van der Waals surface area contributed by atoms with E-state index in [4.69, 9.17) is 0 Å². The van der Waals surface area contributed by atoms with Crippen molar-refractivity contribution in [3.05, 3.63) is 47.8 Å². The quantitative estimate of drug-likeness (QED) is 0.850. The third-order valence-corrected chi connectivity index (χ3v) is 3.54. The molecular formula is C17H19F3N4O. The van der Waals surface area contributed by atoms with Gasteiger partial charge in [-0.3, -0.25) is 4.79 Å². The number of hydrogen-bond acceptors (Lipinski definition) is 4. The number of aromatic nitrogens is 2. The smallest absolute Gasteiger partial charge is 0.340 e. The van der Waals surface area contributed by atoms with E-state index in [1.54, 1.807) is 11.9 Å². The molecule has 0 unspecified atom stereocenters. The highest BCUT2D eigenvalue weighted by atomic mass is 19.4. The molecule has 0 aliphatic rings. The molecular weight excluding hydrogens is 333 g/mol. The van der Waals surface area contributed by atoms with Crippen LogP contribution in [0.25, 0.3) is 0 Å². The van der Waals surface area contributed by atoms with E-state index in [0.717, 1.165) is 25.0 Å². The molecule has 0 saturated heterocycles. The van der Waals surface area contributed by atoms with Gasteiger partial charge in [0.2, 0.25) is 5.95 Å². The molecule has 1 heterocycles. The van der Waals surface area contributed by atoms with Crippen molar-refractivity contribution in [3.8, 4) is 0 Å². The molecule has 8 heteroatoms. The van der Waals surface area contributed by atoms with Crippen LogP contribution < -0.4 is 5.32 Å². The molecule has 25 heavy (non-hydrogen) atoms. The van der Waals surface area contributed by atoms with Gasteiger partial charge in [-0.25, -0.2) is 9.97 Å². The lowest BCUT2D eigenvalue weighted by atomic mass is 10.2. The van der Waals surface area contributed by atoms with Crippen molar-refractivity contribution in [1.29, 1.82) is 0 Å². The molecule has 134 valence electrons. The zero-order chi connectivity index (χ0) is 18.4. The first-order valence-corrected chi connectivity index (χ1v) is 7.84. The fourth-order valence-electron chi connectivity index (χ4n) is 2.10. The number of amides is 1. The maximum atomic E-state index is 12.6. The molecule has 2 aromatic rings. The predicted octanol–water partition coefficient (Wildman–Crippen LogP) is 4.11. The number of anilines is 2. The zero-order valence-corrected chi connectivity index (χ0v) is 14.0. The van der Waals surface area contributed by atoms with Gasteiger partial charge in [0.25, 0.3) is 5.91 Å². The topological polar surface area (TPSA) is 58.1 Å². The predicted molar refractivity (Wildman–Crippen MR) is 88.6 cm³/mol. The molecule has 1 amide bonds. The Labute approximate surface area is 143 Å². The van der Waals surface area contributed by atoms with Crippen LogP contribution in [-0.2, 0) is 6.18 Å². The Balaban J connectivity index is 2.10. The van der Waals surface area contributed by atoms with Gasteiger partial charge in [0.05, 0.1) is 5.56 Å². The summed E-state index contributed by atoms with van der Waals surface area (Å²) in [5, 5.41) is 2.80. The molecule has 0 aliphatic heterocycles. The first kappa shape index (κ1) is 18.7. The van der Waals surface area contributed by atoms with E-state index in [2.05, 4.69) is 15.3 Å². The van der Waals surface area contributed by atoms with Gasteiger partial charge < -0.3 is 10.2 Å². The summed E-state index contributed by atoms with van der Waals surface area (Å²) in [7, 11) is 1.70. The van der Waals surface area contributed by atoms with Crippen LogP contribution in [0.3, 0.4) is 0 Å². The minimum atomic E-state index is -4.38. The summed E-state index contributed by atoms with van der Waals surface area (Å²) in [6, 6.07) is 6.01. The second-order valence-electron chi connectivity index (χ2n) is 5.55. The molecule has 0 fully saturated rings. The van der Waals surface area contributed by atoms with Crippen LogP contribution in [0.5, 0.6) is 0 Å². The summed E-state index contributed by atoms with van der Waals surface area (Å²) in [6.07, 6.45) is -1.09. The van der Waals surface area contributed by atoms with Crippen molar-refractivity contribution in [2.45, 2.75) is 25.9 Å². The van der Waals surface area contributed by atoms with Gasteiger partial charge in [0, 0.05) is 25.5 Å². The van der Waals surface area contributed by atoms with Crippen molar-refractivity contribution in [2.75, 3.05) is 18.9 Å². The van der Waals surface area contributed by atoms with Crippen LogP contribution in [0.1, 0.15) is 35.8 Å². The maximum Gasteiger partial charge on any atom is 0.416 e. The van der Waals surface area contributed by atoms with E-state index in [9.17, 15) is 18.0 Å². The number of rotatable bonds is 6. The van der Waals surface area contributed by atoms with Gasteiger partial charge in [0.1, 0.15) is 5.69 Å². The maximum absolute atomic E-state index is 12.6. The van der Waals surface area contributed by atoms with Crippen molar-refractivity contribution >= 4 is 17.5 Å². The second-order valence-corrected chi connectivity index (χ2v) is 5.55. The molecule has 0 spiro atoms. The molecule has 2 rings (SSSR count). The Hall–Kier alpha value is -2.64. The number of halogens is 3. The summed E-state index contributed by atoms with van der Waals surface area (Å²) in [6.45, 7) is 2.66. The van der Waals surface area contributed by atoms with E-state index in [0.29, 0.717) is 12.2 Å². The normalized spacial score (nSPS) is 11.2. The highest BCUT2D eigenvalue weighted by Gasteiger charge is 2.29. The molecule has 0 saturated carbocycles. The van der Waals surface area contributed by atoms with Gasteiger partial charge in [-0.05, 0) is 36.8 Å². The van der Waals surface area contributed by atoms with Crippen LogP contribution in [0.2, 0.25) is 0 Å². The Bertz CT molecular complexity index is 717. The van der Waals surface area contributed by atoms with Gasteiger partial charge in [-0.1, -0.05) is 13.3 Å². The van der Waals surface area contributed by atoms with E-state index in [-0.39, 0.29) is 17.5 Å². The Morgan fingerprint density at radius 1 is 1.20 bits per heavy atom. The van der Waals surface area contributed by atoms with E-state index in [1.807, 2.05) is 6.92 Å². The third-order valence-electron chi connectivity index (χ3n) is 3.54. The third kappa shape index (κ3) is 5.17. The summed E-state index contributed by atoms with van der Waals surface area (Å²) < 4.78 is 37.7. The lowest BCUT2D eigenvalue weighted by molar-refractivity contribution is -0.137. The average molecular weight is 352 g/mol. The van der Waals surface area contributed by atoms with Crippen LogP contribution in [0.15, 0.2) is 36.5 Å². The summed E-state index contributed by atoms with van der Waals surface area (Å²) in [4.78, 5) is 22.0. The number of nitrogens with zero attached hydrogens (tertiary/aromatic N) is 3. The number of carbonyl (C=O) groups excluding carboxylic acids is 1. The second kappa shape index (κ2) is 7.96. The standard InChI is InChI=1S/C17H19F3N4O/c1-3-4-11-24(2)15(25)14-9-10-21-16(23-14)22-13-7-5-12(6-8-13)17(18,19)20/h5-10H,3-4,11H2,1-2H3,(H,21,22,23). The molecule has 1 aromatic heterocycles. The number of alkyl halides is 3. The monoisotopic (exact) mass is 352 g/mol. The molecule has 0 aliphatic carbocycles. The summed E-state index contributed by atoms with van der Waals surface area (Å²) in [5.41, 5.74) is -0.111. The fourth-order valence-corrected chi connectivity index (χ4v) is 2.10. The van der Waals surface area contributed by atoms with Crippen molar-refractivity contribution < 1.29 is 18.0 Å². The number of carbonyl (C=O) groups is 1. The van der Waals surface area contributed by atoms with Gasteiger partial charge >= 0.3 is 6.18 Å². The molecule has 5 nitrogen and oxygen atoms in total. The number of unbranched alkanes of at least 4 members (excludes halogenated alkanes) is 1. The zero-order valence-electron chi connectivity index (χ0n) is 14.0. The van der Waals surface area contributed by atoms with Crippen LogP contribution in [0, 0.1) is 0 Å². The highest BCUT2D eigenvalue weighted by Crippen LogP contribution is 2.30. The summed E-state index contributed by atoms with van der Waals surface area (Å²) >= 11 is 0. The summed E-state index contributed by atoms with van der Waals surface area (Å²) in [5.74, 6) is -0.0826. The number of hydrogen-bond donors (Lipinski definition) is 1. The van der Waals surface area contributed by atoms with E-state index < -0.39 is 11.7 Å².